The van der Waals surface area contributed by atoms with Crippen molar-refractivity contribution in [2.45, 2.75) is 125 Å². The van der Waals surface area contributed by atoms with Gasteiger partial charge in [0.1, 0.15) is 30.0 Å². The molecule has 4 fully saturated rings. The number of halogens is 1. The lowest BCUT2D eigenvalue weighted by Gasteiger charge is -2.30. The van der Waals surface area contributed by atoms with Crippen LogP contribution in [0.1, 0.15) is 99.4 Å². The Morgan fingerprint density at radius 1 is 0.981 bits per heavy atom. The van der Waals surface area contributed by atoms with Crippen molar-refractivity contribution in [1.82, 2.24) is 30.9 Å². The van der Waals surface area contributed by atoms with Crippen molar-refractivity contribution in [2.75, 3.05) is 13.7 Å². The standard InChI is InChI=1S/C36H49FN6O8S/c1-51-30-16-13-22(17-23(30)20-37)31(44)38-26-18-29-32(45)41-36(34(47)42-52(49,50)27-14-15-27)19-24(36)9-5-3-2-4-6-12-28(33(46)43(29)21-26)40-35(48)39-25-10-7-8-11-25/h5,9,13,16-17,24-29H,2-4,6-8,10-12,14-15,18-21H2,1H3,(H,38,44)(H,41,45)(H,42,47)(H2,39,40,48)/b9-5-/t24-,26-,28+,29+,36-/m1/s1. The molecule has 14 nitrogen and oxygen atoms in total. The number of carbonyl (C=O) groups excluding carboxylic acids is 5. The number of fused-ring (bicyclic) bond motifs is 2. The molecule has 6 amide bonds. The van der Waals surface area contributed by atoms with Crippen LogP contribution in [0.25, 0.3) is 0 Å². The van der Waals surface area contributed by atoms with Gasteiger partial charge in [0, 0.05) is 35.7 Å². The van der Waals surface area contributed by atoms with Crippen molar-refractivity contribution in [2.24, 2.45) is 5.92 Å². The van der Waals surface area contributed by atoms with E-state index in [1.54, 1.807) is 0 Å². The summed E-state index contributed by atoms with van der Waals surface area (Å²) in [5, 5.41) is 10.9. The van der Waals surface area contributed by atoms with Gasteiger partial charge < -0.3 is 30.9 Å². The minimum Gasteiger partial charge on any atom is -0.496 e. The molecule has 5 atom stereocenters. The molecule has 3 saturated carbocycles. The van der Waals surface area contributed by atoms with E-state index in [-0.39, 0.29) is 36.6 Å². The van der Waals surface area contributed by atoms with E-state index in [1.807, 2.05) is 12.2 Å². The van der Waals surface area contributed by atoms with Crippen molar-refractivity contribution in [3.8, 4) is 5.75 Å². The highest BCUT2D eigenvalue weighted by Gasteiger charge is 2.62. The molecule has 1 aromatic carbocycles. The Labute approximate surface area is 303 Å². The number of hydrogen-bond acceptors (Lipinski definition) is 8. The molecule has 5 N–H and O–H groups in total. The molecule has 0 spiro atoms. The lowest BCUT2D eigenvalue weighted by molar-refractivity contribution is -0.141. The number of allylic oxidation sites excluding steroid dienone is 1. The molecule has 2 heterocycles. The summed E-state index contributed by atoms with van der Waals surface area (Å²) in [4.78, 5) is 70.1. The second-order valence-corrected chi connectivity index (χ2v) is 16.7. The lowest BCUT2D eigenvalue weighted by Crippen LogP contribution is -2.59. The number of benzene rings is 1. The van der Waals surface area contributed by atoms with Crippen molar-refractivity contribution in [3.05, 3.63) is 41.5 Å². The number of sulfonamides is 1. The third-order valence-electron chi connectivity index (χ3n) is 10.9. The Morgan fingerprint density at radius 3 is 2.44 bits per heavy atom. The molecular weight excluding hydrogens is 695 g/mol. The van der Waals surface area contributed by atoms with Crippen LogP contribution in [-0.2, 0) is 31.1 Å². The number of hydrogen-bond donors (Lipinski definition) is 5. The van der Waals surface area contributed by atoms with E-state index >= 15 is 0 Å². The molecule has 284 valence electrons. The normalized spacial score (nSPS) is 29.0. The fourth-order valence-electron chi connectivity index (χ4n) is 7.65. The van der Waals surface area contributed by atoms with Crippen LogP contribution < -0.4 is 30.7 Å². The quantitative estimate of drug-likeness (QED) is 0.238. The Hall–Kier alpha value is -4.21. The molecule has 1 aromatic rings. The topological polar surface area (TPSA) is 192 Å². The molecule has 5 aliphatic rings. The molecule has 52 heavy (non-hydrogen) atoms. The first kappa shape index (κ1) is 37.5. The number of nitrogens with zero attached hydrogens (tertiary/aromatic N) is 1. The van der Waals surface area contributed by atoms with E-state index < -0.39 is 81.2 Å². The van der Waals surface area contributed by atoms with E-state index in [0.717, 1.165) is 38.5 Å². The Balaban J connectivity index is 1.26. The third kappa shape index (κ3) is 8.53. The number of nitrogens with one attached hydrogen (secondary N) is 5. The molecule has 0 unspecified atom stereocenters. The smallest absolute Gasteiger partial charge is 0.315 e. The SMILES string of the molecule is COc1ccc(C(=O)N[C@@H]2C[C@H]3C(=O)N[C@]4(C(=O)NS(=O)(=O)C5CC5)C[C@H]4/C=C\CCCCC[C@H](NC(=O)NC4CCCC4)C(=O)N3C2)cc1CF. The van der Waals surface area contributed by atoms with Crippen molar-refractivity contribution < 1.29 is 41.5 Å². The van der Waals surface area contributed by atoms with Gasteiger partial charge in [0.25, 0.3) is 11.8 Å². The van der Waals surface area contributed by atoms with Gasteiger partial charge in [-0.3, -0.25) is 23.9 Å². The minimum absolute atomic E-state index is 0.0162. The highest BCUT2D eigenvalue weighted by molar-refractivity contribution is 7.91. The van der Waals surface area contributed by atoms with Crippen LogP contribution in [0, 0.1) is 5.92 Å². The van der Waals surface area contributed by atoms with Crippen LogP contribution in [0.4, 0.5) is 9.18 Å². The fourth-order valence-corrected chi connectivity index (χ4v) is 9.02. The van der Waals surface area contributed by atoms with Crippen molar-refractivity contribution >= 4 is 39.7 Å². The summed E-state index contributed by atoms with van der Waals surface area (Å²) in [6, 6.07) is 1.07. The summed E-state index contributed by atoms with van der Waals surface area (Å²) in [5.41, 5.74) is -1.18. The Kier molecular flexibility index (Phi) is 11.4. The third-order valence-corrected chi connectivity index (χ3v) is 12.7. The molecule has 1 saturated heterocycles. The summed E-state index contributed by atoms with van der Waals surface area (Å²) in [7, 11) is -2.51. The highest BCUT2D eigenvalue weighted by atomic mass is 32.2. The highest BCUT2D eigenvalue weighted by Crippen LogP contribution is 2.46. The number of alkyl halides is 1. The van der Waals surface area contributed by atoms with Gasteiger partial charge in [0.2, 0.25) is 21.8 Å². The van der Waals surface area contributed by atoms with E-state index in [0.29, 0.717) is 37.9 Å². The van der Waals surface area contributed by atoms with Crippen molar-refractivity contribution in [3.63, 3.8) is 0 Å². The van der Waals surface area contributed by atoms with Gasteiger partial charge in [-0.05, 0) is 76.0 Å². The van der Waals surface area contributed by atoms with E-state index in [1.165, 1.54) is 30.2 Å². The van der Waals surface area contributed by atoms with Gasteiger partial charge in [0.05, 0.1) is 12.4 Å². The lowest BCUT2D eigenvalue weighted by atomic mass is 10.0. The Bertz CT molecular complexity index is 1700. The van der Waals surface area contributed by atoms with Crippen LogP contribution in [0.3, 0.4) is 0 Å². The van der Waals surface area contributed by atoms with Gasteiger partial charge in [-0.1, -0.05) is 37.8 Å². The molecule has 3 aliphatic carbocycles. The number of ether oxygens (including phenoxy) is 1. The summed E-state index contributed by atoms with van der Waals surface area (Å²) in [5.74, 6) is -2.70. The van der Waals surface area contributed by atoms with Gasteiger partial charge in [0.15, 0.2) is 0 Å². The average molecular weight is 745 g/mol. The maximum atomic E-state index is 14.4. The first-order valence-corrected chi connectivity index (χ1v) is 19.9. The van der Waals surface area contributed by atoms with Crippen LogP contribution in [0.2, 0.25) is 0 Å². The number of carbonyl (C=O) groups is 5. The minimum atomic E-state index is -3.91. The number of amides is 6. The van der Waals surface area contributed by atoms with Crippen LogP contribution in [0.5, 0.6) is 5.75 Å². The van der Waals surface area contributed by atoms with Crippen LogP contribution >= 0.6 is 0 Å². The van der Waals surface area contributed by atoms with E-state index in [2.05, 4.69) is 26.0 Å². The molecule has 0 radical (unpaired) electrons. The number of urea groups is 1. The number of methoxy groups -OCH3 is 1. The zero-order valence-electron chi connectivity index (χ0n) is 29.5. The van der Waals surface area contributed by atoms with E-state index in [9.17, 15) is 36.8 Å². The molecule has 0 bridgehead atoms. The van der Waals surface area contributed by atoms with Crippen molar-refractivity contribution in [1.29, 1.82) is 0 Å². The number of rotatable bonds is 9. The van der Waals surface area contributed by atoms with Gasteiger partial charge in [-0.25, -0.2) is 17.6 Å². The molecule has 0 aromatic heterocycles. The molecule has 6 rings (SSSR count). The van der Waals surface area contributed by atoms with Gasteiger partial charge in [-0.15, -0.1) is 0 Å². The second-order valence-electron chi connectivity index (χ2n) is 14.7. The Morgan fingerprint density at radius 2 is 1.73 bits per heavy atom. The molecule has 2 aliphatic heterocycles. The first-order valence-electron chi connectivity index (χ1n) is 18.4. The van der Waals surface area contributed by atoms with E-state index in [4.69, 9.17) is 4.74 Å². The summed E-state index contributed by atoms with van der Waals surface area (Å²) >= 11 is 0. The second kappa shape index (κ2) is 15.8. The fraction of sp³-hybridized carbons (Fsp3) is 0.639. The maximum absolute atomic E-state index is 14.4. The predicted octanol–water partition coefficient (Wildman–Crippen LogP) is 2.48. The average Bonchev–Trinajstić information content (AvgIpc) is 3.99. The summed E-state index contributed by atoms with van der Waals surface area (Å²) in [6.07, 6.45) is 11.8. The maximum Gasteiger partial charge on any atom is 0.315 e. The monoisotopic (exact) mass is 744 g/mol. The first-order chi connectivity index (χ1) is 24.9. The summed E-state index contributed by atoms with van der Waals surface area (Å²) in [6.45, 7) is -0.926. The molecule has 16 heteroatoms. The van der Waals surface area contributed by atoms with Gasteiger partial charge in [-0.2, -0.15) is 0 Å². The largest absolute Gasteiger partial charge is 0.496 e. The zero-order chi connectivity index (χ0) is 37.0. The zero-order valence-corrected chi connectivity index (χ0v) is 30.3. The van der Waals surface area contributed by atoms with Gasteiger partial charge >= 0.3 is 6.03 Å². The van der Waals surface area contributed by atoms with Crippen LogP contribution in [0.15, 0.2) is 30.4 Å². The predicted molar refractivity (Wildman–Crippen MR) is 188 cm³/mol. The van der Waals surface area contributed by atoms with Crippen LogP contribution in [-0.4, -0.2) is 91.6 Å². The molecular formula is C36H49FN6O8S. The summed E-state index contributed by atoms with van der Waals surface area (Å²) < 4.78 is 46.6.